The van der Waals surface area contributed by atoms with E-state index in [0.717, 1.165) is 18.9 Å². The Labute approximate surface area is 125 Å². The van der Waals surface area contributed by atoms with E-state index in [1.165, 1.54) is 12.1 Å². The molecule has 1 saturated heterocycles. The Morgan fingerprint density at radius 3 is 2.80 bits per heavy atom. The van der Waals surface area contributed by atoms with Crippen LogP contribution >= 0.6 is 15.9 Å². The van der Waals surface area contributed by atoms with E-state index in [1.54, 1.807) is 0 Å². The average molecular weight is 365 g/mol. The molecule has 1 amide bonds. The highest BCUT2D eigenvalue weighted by atomic mass is 79.9. The summed E-state index contributed by atoms with van der Waals surface area (Å²) in [5, 5.41) is 2.64. The van der Waals surface area contributed by atoms with Crippen molar-refractivity contribution in [1.82, 2.24) is 10.0 Å². The molecule has 8 heteroatoms. The van der Waals surface area contributed by atoms with Crippen LogP contribution in [-0.2, 0) is 14.8 Å². The van der Waals surface area contributed by atoms with Crippen molar-refractivity contribution in [3.8, 4) is 0 Å². The van der Waals surface area contributed by atoms with E-state index in [2.05, 4.69) is 26.0 Å². The first-order chi connectivity index (χ1) is 9.40. The Hall–Kier alpha value is -0.990. The largest absolute Gasteiger partial charge is 0.355 e. The Balaban J connectivity index is 2.21. The van der Waals surface area contributed by atoms with Gasteiger partial charge in [-0.05, 0) is 53.4 Å². The summed E-state index contributed by atoms with van der Waals surface area (Å²) in [5.74, 6) is -1.01. The van der Waals surface area contributed by atoms with Crippen LogP contribution in [-0.4, -0.2) is 26.9 Å². The maximum Gasteiger partial charge on any atom is 0.241 e. The Morgan fingerprint density at radius 1 is 1.35 bits per heavy atom. The van der Waals surface area contributed by atoms with Gasteiger partial charge in [-0.1, -0.05) is 0 Å². The number of rotatable bonds is 3. The minimum absolute atomic E-state index is 0.184. The number of benzene rings is 1. The Bertz CT molecular complexity index is 621. The minimum Gasteiger partial charge on any atom is -0.355 e. The lowest BCUT2D eigenvalue weighted by molar-refractivity contribution is -0.122. The monoisotopic (exact) mass is 364 g/mol. The van der Waals surface area contributed by atoms with Gasteiger partial charge in [0.25, 0.3) is 0 Å². The van der Waals surface area contributed by atoms with Gasteiger partial charge in [0.1, 0.15) is 11.9 Å². The Kier molecular flexibility index (Phi) is 4.77. The van der Waals surface area contributed by atoms with E-state index >= 15 is 0 Å². The van der Waals surface area contributed by atoms with E-state index in [1.807, 2.05) is 0 Å². The molecule has 2 rings (SSSR count). The number of carbonyl (C=O) groups excluding carboxylic acids is 1. The summed E-state index contributed by atoms with van der Waals surface area (Å²) in [6.45, 7) is 0.546. The van der Waals surface area contributed by atoms with Gasteiger partial charge in [0.2, 0.25) is 15.9 Å². The summed E-state index contributed by atoms with van der Waals surface area (Å²) in [4.78, 5) is 11.5. The van der Waals surface area contributed by atoms with Crippen molar-refractivity contribution >= 4 is 31.9 Å². The zero-order valence-corrected chi connectivity index (χ0v) is 12.9. The van der Waals surface area contributed by atoms with Crippen LogP contribution in [0.25, 0.3) is 0 Å². The van der Waals surface area contributed by atoms with Crippen molar-refractivity contribution in [3.05, 3.63) is 28.5 Å². The molecule has 1 heterocycles. The molecule has 0 aliphatic carbocycles. The van der Waals surface area contributed by atoms with Gasteiger partial charge >= 0.3 is 0 Å². The van der Waals surface area contributed by atoms with E-state index in [4.69, 9.17) is 0 Å². The number of nitrogens with one attached hydrogen (secondary N) is 2. The van der Waals surface area contributed by atoms with Crippen molar-refractivity contribution < 1.29 is 17.6 Å². The van der Waals surface area contributed by atoms with Gasteiger partial charge < -0.3 is 5.32 Å². The molecule has 0 aromatic heterocycles. The summed E-state index contributed by atoms with van der Waals surface area (Å²) in [7, 11) is -3.92. The predicted molar refractivity (Wildman–Crippen MR) is 75.1 cm³/mol. The standard InChI is InChI=1S/C12H14BrFN2O3S/c13-9-5-4-8(7-10(9)14)20(18,19)16-11-3-1-2-6-15-12(11)17/h4-5,7,11,16H,1-3,6H2,(H,15,17). The van der Waals surface area contributed by atoms with Crippen molar-refractivity contribution in [2.45, 2.75) is 30.2 Å². The van der Waals surface area contributed by atoms with Gasteiger partial charge in [0.05, 0.1) is 9.37 Å². The molecule has 1 fully saturated rings. The van der Waals surface area contributed by atoms with Crippen molar-refractivity contribution in [2.75, 3.05) is 6.54 Å². The third-order valence-corrected chi connectivity index (χ3v) is 5.15. The van der Waals surface area contributed by atoms with E-state index in [-0.39, 0.29) is 15.3 Å². The molecule has 0 bridgehead atoms. The van der Waals surface area contributed by atoms with Gasteiger partial charge in [0, 0.05) is 6.54 Å². The number of hydrogen-bond donors (Lipinski definition) is 2. The smallest absolute Gasteiger partial charge is 0.241 e. The normalized spacial score (nSPS) is 20.3. The Morgan fingerprint density at radius 2 is 2.10 bits per heavy atom. The molecular formula is C12H14BrFN2O3S. The second-order valence-electron chi connectivity index (χ2n) is 4.54. The van der Waals surface area contributed by atoms with Crippen LogP contribution < -0.4 is 10.0 Å². The fourth-order valence-corrected chi connectivity index (χ4v) is 3.44. The van der Waals surface area contributed by atoms with Crippen LogP contribution in [0.3, 0.4) is 0 Å². The second-order valence-corrected chi connectivity index (χ2v) is 7.10. The third-order valence-electron chi connectivity index (χ3n) is 3.03. The van der Waals surface area contributed by atoms with Crippen molar-refractivity contribution in [1.29, 1.82) is 0 Å². The molecule has 1 unspecified atom stereocenters. The van der Waals surface area contributed by atoms with Crippen LogP contribution in [0.1, 0.15) is 19.3 Å². The van der Waals surface area contributed by atoms with Crippen LogP contribution in [0, 0.1) is 5.82 Å². The van der Waals surface area contributed by atoms with Crippen LogP contribution in [0.15, 0.2) is 27.6 Å². The topological polar surface area (TPSA) is 75.3 Å². The highest BCUT2D eigenvalue weighted by Gasteiger charge is 2.27. The lowest BCUT2D eigenvalue weighted by Crippen LogP contribution is -2.45. The maximum atomic E-state index is 13.4. The fourth-order valence-electron chi connectivity index (χ4n) is 1.95. The van der Waals surface area contributed by atoms with Crippen molar-refractivity contribution in [3.63, 3.8) is 0 Å². The first-order valence-corrected chi connectivity index (χ1v) is 8.43. The molecule has 110 valence electrons. The molecule has 1 aromatic rings. The first-order valence-electron chi connectivity index (χ1n) is 6.15. The summed E-state index contributed by atoms with van der Waals surface area (Å²) in [6, 6.07) is 2.71. The molecule has 0 spiro atoms. The molecule has 2 N–H and O–H groups in total. The zero-order chi connectivity index (χ0) is 14.8. The number of amides is 1. The van der Waals surface area contributed by atoms with E-state index < -0.39 is 21.9 Å². The van der Waals surface area contributed by atoms with Crippen LogP contribution in [0.4, 0.5) is 4.39 Å². The van der Waals surface area contributed by atoms with Gasteiger partial charge in [-0.25, -0.2) is 12.8 Å². The molecule has 5 nitrogen and oxygen atoms in total. The molecule has 1 atom stereocenters. The van der Waals surface area contributed by atoms with Crippen LogP contribution in [0.2, 0.25) is 0 Å². The molecule has 0 radical (unpaired) electrons. The highest BCUT2D eigenvalue weighted by Crippen LogP contribution is 2.20. The average Bonchev–Trinajstić information content (AvgIpc) is 2.58. The van der Waals surface area contributed by atoms with Gasteiger partial charge in [-0.3, -0.25) is 4.79 Å². The molecule has 20 heavy (non-hydrogen) atoms. The summed E-state index contributed by atoms with van der Waals surface area (Å²) >= 11 is 2.96. The van der Waals surface area contributed by atoms with Gasteiger partial charge in [-0.15, -0.1) is 0 Å². The zero-order valence-electron chi connectivity index (χ0n) is 10.5. The first kappa shape index (κ1) is 15.4. The van der Waals surface area contributed by atoms with Crippen LogP contribution in [0.5, 0.6) is 0 Å². The van der Waals surface area contributed by atoms with E-state index in [0.29, 0.717) is 13.0 Å². The number of halogens is 2. The number of sulfonamides is 1. The van der Waals surface area contributed by atoms with Gasteiger partial charge in [0.15, 0.2) is 0 Å². The lowest BCUT2D eigenvalue weighted by Gasteiger charge is -2.15. The molecule has 0 saturated carbocycles. The summed E-state index contributed by atoms with van der Waals surface area (Å²) in [5.41, 5.74) is 0. The quantitative estimate of drug-likeness (QED) is 0.853. The second kappa shape index (κ2) is 6.19. The van der Waals surface area contributed by atoms with Gasteiger partial charge in [-0.2, -0.15) is 4.72 Å². The number of carbonyl (C=O) groups is 1. The summed E-state index contributed by atoms with van der Waals surface area (Å²) < 4.78 is 40.2. The van der Waals surface area contributed by atoms with Crippen molar-refractivity contribution in [2.24, 2.45) is 0 Å². The minimum atomic E-state index is -3.92. The molecule has 1 aliphatic rings. The predicted octanol–water partition coefficient (Wildman–Crippen LogP) is 1.54. The molecule has 1 aliphatic heterocycles. The summed E-state index contributed by atoms with van der Waals surface area (Å²) in [6.07, 6.45) is 2.00. The molecular weight excluding hydrogens is 351 g/mol. The fraction of sp³-hybridized carbons (Fsp3) is 0.417. The lowest BCUT2D eigenvalue weighted by atomic mass is 10.1. The highest BCUT2D eigenvalue weighted by molar-refractivity contribution is 9.10. The SMILES string of the molecule is O=C1NCCCCC1NS(=O)(=O)c1ccc(Br)c(F)c1. The van der Waals surface area contributed by atoms with E-state index in [9.17, 15) is 17.6 Å². The molecule has 1 aromatic carbocycles. The maximum absolute atomic E-state index is 13.4. The number of hydrogen-bond acceptors (Lipinski definition) is 3. The third kappa shape index (κ3) is 3.56.